The maximum atomic E-state index is 11.2. The highest BCUT2D eigenvalue weighted by atomic mass is 32.2. The van der Waals surface area contributed by atoms with E-state index >= 15 is 0 Å². The van der Waals surface area contributed by atoms with E-state index in [0.29, 0.717) is 25.7 Å². The number of hydrogen-bond acceptors (Lipinski definition) is 3. The minimum atomic E-state index is -3.97. The molecular weight excluding hydrogens is 252 g/mol. The van der Waals surface area contributed by atoms with E-state index in [1.165, 1.54) is 0 Å². The highest BCUT2D eigenvalue weighted by Gasteiger charge is 2.23. The van der Waals surface area contributed by atoms with Crippen LogP contribution in [-0.2, 0) is 10.1 Å². The van der Waals surface area contributed by atoms with Crippen LogP contribution in [0.25, 0.3) is 0 Å². The van der Waals surface area contributed by atoms with Gasteiger partial charge in [0.1, 0.15) is 0 Å². The first-order valence-corrected chi connectivity index (χ1v) is 8.56. The lowest BCUT2D eigenvalue weighted by Gasteiger charge is -2.16. The molecular formula is C13H28O4S. The van der Waals surface area contributed by atoms with E-state index in [1.54, 1.807) is 0 Å². The van der Waals surface area contributed by atoms with E-state index in [9.17, 15) is 13.5 Å². The molecule has 0 rings (SSSR count). The van der Waals surface area contributed by atoms with Crippen molar-refractivity contribution in [2.75, 3.05) is 0 Å². The standard InChI is InChI=1S/C13H28O4S/c1-3-5-7-9-13(18(15,16)17)11-10-12(14)8-6-4-2/h12-14H,3-11H2,1-2H3,(H,15,16,17). The van der Waals surface area contributed by atoms with Gasteiger partial charge in [0, 0.05) is 0 Å². The van der Waals surface area contributed by atoms with Gasteiger partial charge < -0.3 is 5.11 Å². The fraction of sp³-hybridized carbons (Fsp3) is 1.00. The lowest BCUT2D eigenvalue weighted by Crippen LogP contribution is -2.22. The first-order valence-electron chi connectivity index (χ1n) is 7.06. The minimum Gasteiger partial charge on any atom is -0.393 e. The Morgan fingerprint density at radius 3 is 2.00 bits per heavy atom. The molecule has 0 aliphatic heterocycles. The number of unbranched alkanes of at least 4 members (excludes halogenated alkanes) is 3. The summed E-state index contributed by atoms with van der Waals surface area (Å²) < 4.78 is 31.6. The van der Waals surface area contributed by atoms with Gasteiger partial charge in [-0.05, 0) is 25.7 Å². The molecule has 2 N–H and O–H groups in total. The van der Waals surface area contributed by atoms with Crippen LogP contribution in [0.4, 0.5) is 0 Å². The van der Waals surface area contributed by atoms with Crippen LogP contribution < -0.4 is 0 Å². The van der Waals surface area contributed by atoms with Crippen molar-refractivity contribution in [3.05, 3.63) is 0 Å². The molecule has 2 unspecified atom stereocenters. The SMILES string of the molecule is CCCCCC(CCC(O)CCCC)S(=O)(=O)O. The van der Waals surface area contributed by atoms with Gasteiger partial charge in [0.15, 0.2) is 0 Å². The monoisotopic (exact) mass is 280 g/mol. The molecule has 18 heavy (non-hydrogen) atoms. The van der Waals surface area contributed by atoms with Gasteiger partial charge in [0.25, 0.3) is 10.1 Å². The largest absolute Gasteiger partial charge is 0.393 e. The zero-order valence-corrected chi connectivity index (χ0v) is 12.5. The fourth-order valence-corrected chi connectivity index (χ4v) is 2.93. The summed E-state index contributed by atoms with van der Waals surface area (Å²) in [4.78, 5) is 0. The van der Waals surface area contributed by atoms with Gasteiger partial charge in [-0.15, -0.1) is 0 Å². The van der Waals surface area contributed by atoms with Gasteiger partial charge in [-0.25, -0.2) is 0 Å². The topological polar surface area (TPSA) is 74.6 Å². The second-order valence-electron chi connectivity index (χ2n) is 5.01. The van der Waals surface area contributed by atoms with E-state index in [1.807, 2.05) is 0 Å². The van der Waals surface area contributed by atoms with Crippen LogP contribution >= 0.6 is 0 Å². The third-order valence-corrected chi connectivity index (χ3v) is 4.58. The predicted octanol–water partition coefficient (Wildman–Crippen LogP) is 3.15. The molecule has 5 heteroatoms. The normalized spacial score (nSPS) is 15.6. The quantitative estimate of drug-likeness (QED) is 0.450. The van der Waals surface area contributed by atoms with Crippen molar-refractivity contribution in [2.45, 2.75) is 83.0 Å². The summed E-state index contributed by atoms with van der Waals surface area (Å²) in [5.74, 6) is 0. The zero-order chi connectivity index (χ0) is 14.0. The Bertz CT molecular complexity index is 287. The van der Waals surface area contributed by atoms with E-state index in [-0.39, 0.29) is 0 Å². The summed E-state index contributed by atoms with van der Waals surface area (Å²) in [5.41, 5.74) is 0. The molecule has 0 aromatic rings. The molecule has 2 atom stereocenters. The van der Waals surface area contributed by atoms with E-state index < -0.39 is 21.5 Å². The van der Waals surface area contributed by atoms with Crippen molar-refractivity contribution in [1.82, 2.24) is 0 Å². The van der Waals surface area contributed by atoms with Crippen LogP contribution in [0, 0.1) is 0 Å². The van der Waals surface area contributed by atoms with Crippen LogP contribution in [0.15, 0.2) is 0 Å². The van der Waals surface area contributed by atoms with Crippen LogP contribution in [0.2, 0.25) is 0 Å². The van der Waals surface area contributed by atoms with Crippen molar-refractivity contribution in [1.29, 1.82) is 0 Å². The molecule has 0 bridgehead atoms. The molecule has 4 nitrogen and oxygen atoms in total. The molecule has 0 fully saturated rings. The van der Waals surface area contributed by atoms with Gasteiger partial charge >= 0.3 is 0 Å². The zero-order valence-electron chi connectivity index (χ0n) is 11.6. The Labute approximate surface area is 112 Å². The van der Waals surface area contributed by atoms with Gasteiger partial charge in [-0.2, -0.15) is 8.42 Å². The first-order chi connectivity index (χ1) is 8.41. The van der Waals surface area contributed by atoms with Crippen LogP contribution in [0.1, 0.15) is 71.6 Å². The molecule has 0 amide bonds. The Hall–Kier alpha value is -0.130. The maximum absolute atomic E-state index is 11.2. The lowest BCUT2D eigenvalue weighted by atomic mass is 10.0. The Kier molecular flexibility index (Phi) is 9.68. The fourth-order valence-electron chi connectivity index (χ4n) is 2.03. The first kappa shape index (κ1) is 17.9. The molecule has 0 aromatic heterocycles. The summed E-state index contributed by atoms with van der Waals surface area (Å²) in [6, 6.07) is 0. The number of hydrogen-bond donors (Lipinski definition) is 2. The average molecular weight is 280 g/mol. The second kappa shape index (κ2) is 9.75. The molecule has 0 radical (unpaired) electrons. The molecule has 0 spiro atoms. The van der Waals surface area contributed by atoms with Crippen molar-refractivity contribution in [2.24, 2.45) is 0 Å². The molecule has 110 valence electrons. The van der Waals surface area contributed by atoms with Gasteiger partial charge in [-0.1, -0.05) is 46.0 Å². The molecule has 0 saturated heterocycles. The van der Waals surface area contributed by atoms with Crippen LogP contribution in [0.3, 0.4) is 0 Å². The lowest BCUT2D eigenvalue weighted by molar-refractivity contribution is 0.148. The number of aliphatic hydroxyl groups is 1. The highest BCUT2D eigenvalue weighted by molar-refractivity contribution is 7.86. The Morgan fingerprint density at radius 2 is 1.50 bits per heavy atom. The van der Waals surface area contributed by atoms with Crippen molar-refractivity contribution >= 4 is 10.1 Å². The van der Waals surface area contributed by atoms with E-state index in [0.717, 1.165) is 32.1 Å². The van der Waals surface area contributed by atoms with Gasteiger partial charge in [0.2, 0.25) is 0 Å². The Morgan fingerprint density at radius 1 is 0.889 bits per heavy atom. The Balaban J connectivity index is 4.09. The minimum absolute atomic E-state index is 0.355. The maximum Gasteiger partial charge on any atom is 0.267 e. The summed E-state index contributed by atoms with van der Waals surface area (Å²) in [6.45, 7) is 4.11. The van der Waals surface area contributed by atoms with Crippen LogP contribution in [0.5, 0.6) is 0 Å². The number of rotatable bonds is 11. The molecule has 0 aromatic carbocycles. The van der Waals surface area contributed by atoms with Crippen molar-refractivity contribution in [3.63, 3.8) is 0 Å². The number of aliphatic hydroxyl groups excluding tert-OH is 1. The summed E-state index contributed by atoms with van der Waals surface area (Å²) >= 11 is 0. The van der Waals surface area contributed by atoms with Crippen LogP contribution in [-0.4, -0.2) is 29.4 Å². The summed E-state index contributed by atoms with van der Waals surface area (Å²) in [7, 11) is -3.97. The third kappa shape index (κ3) is 8.89. The summed E-state index contributed by atoms with van der Waals surface area (Å²) in [6.07, 6.45) is 6.36. The van der Waals surface area contributed by atoms with E-state index in [4.69, 9.17) is 4.55 Å². The smallest absolute Gasteiger partial charge is 0.267 e. The summed E-state index contributed by atoms with van der Waals surface area (Å²) in [5, 5.41) is 8.98. The molecule has 0 aliphatic rings. The van der Waals surface area contributed by atoms with E-state index in [2.05, 4.69) is 13.8 Å². The van der Waals surface area contributed by atoms with Gasteiger partial charge in [-0.3, -0.25) is 4.55 Å². The molecule has 0 aliphatic carbocycles. The predicted molar refractivity (Wildman–Crippen MR) is 74.2 cm³/mol. The van der Waals surface area contributed by atoms with Crippen molar-refractivity contribution in [3.8, 4) is 0 Å². The second-order valence-corrected chi connectivity index (χ2v) is 6.70. The van der Waals surface area contributed by atoms with Crippen molar-refractivity contribution < 1.29 is 18.1 Å². The highest BCUT2D eigenvalue weighted by Crippen LogP contribution is 2.18. The third-order valence-electron chi connectivity index (χ3n) is 3.26. The molecule has 0 heterocycles. The van der Waals surface area contributed by atoms with Gasteiger partial charge in [0.05, 0.1) is 11.4 Å². The molecule has 0 saturated carbocycles. The average Bonchev–Trinajstić information content (AvgIpc) is 2.29.